The molecule has 1 aliphatic heterocycles. The normalized spacial score (nSPS) is 19.6. The summed E-state index contributed by atoms with van der Waals surface area (Å²) in [5.74, 6) is -4.87. The Labute approximate surface area is 228 Å². The van der Waals surface area contributed by atoms with Gasteiger partial charge in [0.05, 0.1) is 6.61 Å². The van der Waals surface area contributed by atoms with E-state index in [0.29, 0.717) is 36.7 Å². The van der Waals surface area contributed by atoms with Gasteiger partial charge >= 0.3 is 23.7 Å². The number of alkyl halides is 2. The second kappa shape index (κ2) is 14.5. The highest BCUT2D eigenvalue weighted by Gasteiger charge is 2.60. The van der Waals surface area contributed by atoms with Crippen LogP contribution in [0.4, 0.5) is 25.1 Å². The maximum absolute atomic E-state index is 14.7. The molecular formula is C26H32F2N4O8. The van der Waals surface area contributed by atoms with Crippen LogP contribution < -0.4 is 16.3 Å². The molecule has 3 N–H and O–H groups in total. The number of ether oxygens (including phenoxy) is 3. The minimum atomic E-state index is -3.90. The van der Waals surface area contributed by atoms with Gasteiger partial charge in [-0.1, -0.05) is 31.0 Å². The van der Waals surface area contributed by atoms with Crippen molar-refractivity contribution in [1.29, 1.82) is 0 Å². The lowest BCUT2D eigenvalue weighted by molar-refractivity contribution is -0.150. The van der Waals surface area contributed by atoms with E-state index in [-0.39, 0.29) is 24.8 Å². The van der Waals surface area contributed by atoms with Crippen LogP contribution in [0.15, 0.2) is 47.4 Å². The third kappa shape index (κ3) is 8.55. The second-order valence-corrected chi connectivity index (χ2v) is 9.01. The molecule has 40 heavy (non-hydrogen) atoms. The summed E-state index contributed by atoms with van der Waals surface area (Å²) in [6.07, 6.45) is -3.24. The number of nitrogens with one attached hydrogen (secondary N) is 2. The van der Waals surface area contributed by atoms with Crippen LogP contribution in [0, 0.1) is 0 Å². The van der Waals surface area contributed by atoms with Crippen molar-refractivity contribution in [1.82, 2.24) is 9.55 Å². The molecule has 1 fully saturated rings. The first kappa shape index (κ1) is 30.6. The Morgan fingerprint density at radius 2 is 1.75 bits per heavy atom. The molecule has 14 heteroatoms. The summed E-state index contributed by atoms with van der Waals surface area (Å²) in [6.45, 7) is 1.00. The first-order valence-corrected chi connectivity index (χ1v) is 12.9. The fourth-order valence-corrected chi connectivity index (χ4v) is 3.94. The van der Waals surface area contributed by atoms with E-state index in [4.69, 9.17) is 9.47 Å². The van der Waals surface area contributed by atoms with Gasteiger partial charge in [-0.3, -0.25) is 19.5 Å². The summed E-state index contributed by atoms with van der Waals surface area (Å²) in [6, 6.07) is 10.2. The van der Waals surface area contributed by atoms with Gasteiger partial charge in [-0.2, -0.15) is 13.8 Å². The standard InChI is InChI=1S/C26H32F2N4O8/c1-2-38-25(37)31-19-14-15-32(24(36)30-19)23-26(27,28)22(35)18(40-23)16-39-21(34)13-9-4-3-8-12-20(33)29-17-10-6-5-7-11-17/h5-7,10-11,14-15,18,22-23,35H,2-4,8-9,12-13,16H2,1H3,(H,29,33)(H,30,31,36,37)/t18-,22-,23-/m1/s1. The molecule has 12 nitrogen and oxygen atoms in total. The molecule has 2 heterocycles. The molecular weight excluding hydrogens is 534 g/mol. The number of aliphatic hydroxyl groups is 1. The number of hydrogen-bond donors (Lipinski definition) is 3. The number of amides is 2. The minimum Gasteiger partial charge on any atom is -0.463 e. The number of aromatic nitrogens is 2. The lowest BCUT2D eigenvalue weighted by atomic mass is 10.1. The summed E-state index contributed by atoms with van der Waals surface area (Å²) >= 11 is 0. The molecule has 0 unspecified atom stereocenters. The van der Waals surface area contributed by atoms with Crippen molar-refractivity contribution >= 4 is 29.5 Å². The summed E-state index contributed by atoms with van der Waals surface area (Å²) in [4.78, 5) is 51.3. The van der Waals surface area contributed by atoms with Crippen LogP contribution in [0.2, 0.25) is 0 Å². The summed E-state index contributed by atoms with van der Waals surface area (Å²) in [5, 5.41) is 15.1. The molecule has 0 bridgehead atoms. The van der Waals surface area contributed by atoms with Gasteiger partial charge in [0, 0.05) is 24.7 Å². The number of para-hydroxylation sites is 1. The third-order valence-corrected chi connectivity index (χ3v) is 5.97. The summed E-state index contributed by atoms with van der Waals surface area (Å²) < 4.78 is 44.8. The van der Waals surface area contributed by atoms with Crippen LogP contribution in [0.25, 0.3) is 0 Å². The molecule has 1 saturated heterocycles. The maximum atomic E-state index is 14.7. The Balaban J connectivity index is 1.39. The van der Waals surface area contributed by atoms with Crippen molar-refractivity contribution in [3.63, 3.8) is 0 Å². The van der Waals surface area contributed by atoms with Crippen molar-refractivity contribution < 1.29 is 42.5 Å². The van der Waals surface area contributed by atoms with Crippen LogP contribution in [-0.4, -0.2) is 64.0 Å². The maximum Gasteiger partial charge on any atom is 0.412 e. The number of carbonyl (C=O) groups is 3. The Kier molecular flexibility index (Phi) is 11.1. The molecule has 0 spiro atoms. The molecule has 0 saturated carbocycles. The van der Waals surface area contributed by atoms with Crippen molar-refractivity contribution in [3.8, 4) is 0 Å². The van der Waals surface area contributed by atoms with E-state index in [1.165, 1.54) is 0 Å². The van der Waals surface area contributed by atoms with Gasteiger partial charge in [0.1, 0.15) is 18.5 Å². The molecule has 1 aromatic heterocycles. The molecule has 3 rings (SSSR count). The topological polar surface area (TPSA) is 158 Å². The average Bonchev–Trinajstić information content (AvgIpc) is 3.13. The second-order valence-electron chi connectivity index (χ2n) is 9.01. The number of halogens is 2. The zero-order valence-electron chi connectivity index (χ0n) is 21.9. The van der Waals surface area contributed by atoms with Gasteiger partial charge in [0.2, 0.25) is 12.1 Å². The Morgan fingerprint density at radius 1 is 1.05 bits per heavy atom. The molecule has 218 valence electrons. The number of unbranched alkanes of at least 4 members (excludes halogenated alkanes) is 3. The zero-order chi connectivity index (χ0) is 29.1. The van der Waals surface area contributed by atoms with Crippen molar-refractivity contribution in [2.45, 2.75) is 69.8 Å². The van der Waals surface area contributed by atoms with Gasteiger partial charge in [0.25, 0.3) is 0 Å². The highest BCUT2D eigenvalue weighted by Crippen LogP contribution is 2.42. The van der Waals surface area contributed by atoms with E-state index in [9.17, 15) is 33.1 Å². The van der Waals surface area contributed by atoms with Gasteiger partial charge < -0.3 is 24.6 Å². The van der Waals surface area contributed by atoms with Crippen LogP contribution in [0.3, 0.4) is 0 Å². The average molecular weight is 567 g/mol. The molecule has 0 aliphatic carbocycles. The Bertz CT molecular complexity index is 1210. The van der Waals surface area contributed by atoms with Crippen molar-refractivity contribution in [2.75, 3.05) is 23.8 Å². The van der Waals surface area contributed by atoms with E-state index < -0.39 is 48.7 Å². The van der Waals surface area contributed by atoms with Crippen LogP contribution in [0.5, 0.6) is 0 Å². The highest BCUT2D eigenvalue weighted by molar-refractivity contribution is 5.90. The number of nitrogens with zero attached hydrogens (tertiary/aromatic N) is 2. The Hall–Kier alpha value is -3.91. The van der Waals surface area contributed by atoms with Crippen LogP contribution in [-0.2, 0) is 23.8 Å². The van der Waals surface area contributed by atoms with Gasteiger partial charge in [0.15, 0.2) is 6.10 Å². The Morgan fingerprint density at radius 3 is 2.42 bits per heavy atom. The largest absolute Gasteiger partial charge is 0.463 e. The van der Waals surface area contributed by atoms with E-state index in [1.54, 1.807) is 19.1 Å². The van der Waals surface area contributed by atoms with Gasteiger partial charge in [-0.15, -0.1) is 0 Å². The lowest BCUT2D eigenvalue weighted by Gasteiger charge is -2.21. The third-order valence-electron chi connectivity index (χ3n) is 5.97. The molecule has 1 aliphatic rings. The van der Waals surface area contributed by atoms with E-state index in [1.807, 2.05) is 18.2 Å². The number of anilines is 2. The first-order valence-electron chi connectivity index (χ1n) is 12.9. The van der Waals surface area contributed by atoms with Crippen molar-refractivity contribution in [3.05, 3.63) is 53.1 Å². The monoisotopic (exact) mass is 566 g/mol. The van der Waals surface area contributed by atoms with Crippen LogP contribution >= 0.6 is 0 Å². The SMILES string of the molecule is CCOC(=O)Nc1ccn([C@@H]2O[C@H](COC(=O)CCCCCCC(=O)Nc3ccccc3)[C@@H](O)C2(F)F)c(=O)n1. The van der Waals surface area contributed by atoms with Crippen LogP contribution in [0.1, 0.15) is 51.7 Å². The summed E-state index contributed by atoms with van der Waals surface area (Å²) in [7, 11) is 0. The van der Waals surface area contributed by atoms with Crippen molar-refractivity contribution in [2.24, 2.45) is 0 Å². The smallest absolute Gasteiger partial charge is 0.412 e. The first-order chi connectivity index (χ1) is 19.1. The number of rotatable bonds is 13. The van der Waals surface area contributed by atoms with E-state index >= 15 is 0 Å². The number of aliphatic hydroxyl groups excluding tert-OH is 1. The predicted molar refractivity (Wildman–Crippen MR) is 138 cm³/mol. The van der Waals surface area contributed by atoms with E-state index in [0.717, 1.165) is 18.0 Å². The number of hydrogen-bond acceptors (Lipinski definition) is 9. The highest BCUT2D eigenvalue weighted by atomic mass is 19.3. The minimum absolute atomic E-state index is 0.0250. The fourth-order valence-electron chi connectivity index (χ4n) is 3.94. The number of esters is 1. The number of carbonyl (C=O) groups excluding carboxylic acids is 3. The molecule has 2 aromatic rings. The quantitative estimate of drug-likeness (QED) is 0.244. The molecule has 2 amide bonds. The van der Waals surface area contributed by atoms with Gasteiger partial charge in [-0.25, -0.2) is 9.59 Å². The zero-order valence-corrected chi connectivity index (χ0v) is 21.9. The summed E-state index contributed by atoms with van der Waals surface area (Å²) in [5.41, 5.74) is -0.443. The van der Waals surface area contributed by atoms with E-state index in [2.05, 4.69) is 20.4 Å². The fraction of sp³-hybridized carbons (Fsp3) is 0.500. The lowest BCUT2D eigenvalue weighted by Crippen LogP contribution is -2.42. The molecule has 3 atom stereocenters. The van der Waals surface area contributed by atoms with Gasteiger partial charge in [-0.05, 0) is 38.0 Å². The molecule has 0 radical (unpaired) electrons. The predicted octanol–water partition coefficient (Wildman–Crippen LogP) is 3.23. The molecule has 1 aromatic carbocycles. The number of benzene rings is 1.